The van der Waals surface area contributed by atoms with Crippen LogP contribution in [-0.2, 0) is 16.4 Å². The Morgan fingerprint density at radius 3 is 2.85 bits per heavy atom. The van der Waals surface area contributed by atoms with Crippen LogP contribution in [0.4, 0.5) is 5.69 Å². The Hall–Kier alpha value is -1.93. The lowest BCUT2D eigenvalue weighted by atomic mass is 10.2. The van der Waals surface area contributed by atoms with Crippen LogP contribution in [0.2, 0.25) is 0 Å². The summed E-state index contributed by atoms with van der Waals surface area (Å²) >= 11 is 0. The molecule has 0 radical (unpaired) electrons. The molecule has 0 unspecified atom stereocenters. The summed E-state index contributed by atoms with van der Waals surface area (Å²) in [6, 6.07) is 4.74. The van der Waals surface area contributed by atoms with Crippen molar-refractivity contribution in [1.82, 2.24) is 19.9 Å². The molecule has 0 saturated carbocycles. The van der Waals surface area contributed by atoms with Crippen molar-refractivity contribution >= 4 is 15.7 Å². The summed E-state index contributed by atoms with van der Waals surface area (Å²) in [5.41, 5.74) is 6.80. The van der Waals surface area contributed by atoms with E-state index in [0.29, 0.717) is 30.6 Å². The Labute approximate surface area is 117 Å². The lowest BCUT2D eigenvalue weighted by Gasteiger charge is -2.09. The van der Waals surface area contributed by atoms with Crippen molar-refractivity contribution in [2.24, 2.45) is 0 Å². The third kappa shape index (κ3) is 3.55. The summed E-state index contributed by atoms with van der Waals surface area (Å²) in [5.74, 6) is 0.743. The number of rotatable bonds is 6. The van der Waals surface area contributed by atoms with Gasteiger partial charge in [0.2, 0.25) is 10.0 Å². The van der Waals surface area contributed by atoms with Crippen molar-refractivity contribution in [3.63, 3.8) is 0 Å². The second kappa shape index (κ2) is 6.02. The number of anilines is 1. The van der Waals surface area contributed by atoms with E-state index in [-0.39, 0.29) is 4.90 Å². The lowest BCUT2D eigenvalue weighted by Crippen LogP contribution is -2.26. The van der Waals surface area contributed by atoms with E-state index in [1.165, 1.54) is 12.4 Å². The Morgan fingerprint density at radius 1 is 1.40 bits per heavy atom. The molecule has 8 heteroatoms. The van der Waals surface area contributed by atoms with Crippen LogP contribution in [0.1, 0.15) is 17.8 Å². The van der Waals surface area contributed by atoms with Crippen LogP contribution in [0.15, 0.2) is 29.4 Å². The maximum Gasteiger partial charge on any atom is 0.240 e. The number of nitrogen functional groups attached to an aromatic ring is 1. The molecule has 2 aromatic rings. The van der Waals surface area contributed by atoms with E-state index in [0.717, 1.165) is 5.82 Å². The first-order valence-electron chi connectivity index (χ1n) is 6.19. The fourth-order valence-corrected chi connectivity index (χ4v) is 3.16. The molecule has 4 N–H and O–H groups in total. The largest absolute Gasteiger partial charge is 0.399 e. The number of aryl methyl sites for hydroxylation is 2. The molecule has 0 amide bonds. The third-order valence-corrected chi connectivity index (χ3v) is 4.46. The maximum absolute atomic E-state index is 12.1. The number of sulfonamides is 1. The van der Waals surface area contributed by atoms with Crippen molar-refractivity contribution in [1.29, 1.82) is 0 Å². The molecule has 108 valence electrons. The number of nitrogens with zero attached hydrogens (tertiary/aromatic N) is 2. The van der Waals surface area contributed by atoms with Crippen molar-refractivity contribution < 1.29 is 8.42 Å². The third-order valence-electron chi connectivity index (χ3n) is 2.84. The van der Waals surface area contributed by atoms with Crippen LogP contribution < -0.4 is 10.5 Å². The molecule has 1 heterocycles. The minimum Gasteiger partial charge on any atom is -0.399 e. The van der Waals surface area contributed by atoms with Gasteiger partial charge in [0.05, 0.1) is 4.90 Å². The fourth-order valence-electron chi connectivity index (χ4n) is 1.87. The van der Waals surface area contributed by atoms with Gasteiger partial charge in [-0.3, -0.25) is 5.10 Å². The van der Waals surface area contributed by atoms with Gasteiger partial charge in [0.25, 0.3) is 0 Å². The van der Waals surface area contributed by atoms with E-state index in [4.69, 9.17) is 5.73 Å². The van der Waals surface area contributed by atoms with E-state index in [9.17, 15) is 8.42 Å². The van der Waals surface area contributed by atoms with Gasteiger partial charge in [-0.25, -0.2) is 18.1 Å². The lowest BCUT2D eigenvalue weighted by molar-refractivity contribution is 0.577. The number of hydrogen-bond acceptors (Lipinski definition) is 5. The van der Waals surface area contributed by atoms with Crippen LogP contribution in [-0.4, -0.2) is 30.1 Å². The average molecular weight is 295 g/mol. The molecular formula is C12H17N5O2S. The SMILES string of the molecule is Cc1cc(N)ccc1S(=O)(=O)NCCCc1ncn[nH]1. The van der Waals surface area contributed by atoms with Crippen LogP contribution in [0.3, 0.4) is 0 Å². The standard InChI is InChI=1S/C12H17N5O2S/c1-9-7-10(13)4-5-11(9)20(18,19)16-6-2-3-12-14-8-15-17-12/h4-5,7-8,16H,2-3,6,13H2,1H3,(H,14,15,17). The van der Waals surface area contributed by atoms with Crippen molar-refractivity contribution in [2.75, 3.05) is 12.3 Å². The molecule has 0 spiro atoms. The zero-order chi connectivity index (χ0) is 14.6. The highest BCUT2D eigenvalue weighted by molar-refractivity contribution is 7.89. The second-order valence-electron chi connectivity index (χ2n) is 4.46. The Kier molecular flexibility index (Phi) is 4.35. The summed E-state index contributed by atoms with van der Waals surface area (Å²) in [6.07, 6.45) is 2.71. The summed E-state index contributed by atoms with van der Waals surface area (Å²) < 4.78 is 26.8. The zero-order valence-electron chi connectivity index (χ0n) is 11.1. The Balaban J connectivity index is 1.93. The highest BCUT2D eigenvalue weighted by Gasteiger charge is 2.15. The van der Waals surface area contributed by atoms with E-state index in [1.807, 2.05) is 0 Å². The molecule has 0 aliphatic heterocycles. The monoisotopic (exact) mass is 295 g/mol. The van der Waals surface area contributed by atoms with Gasteiger partial charge in [-0.15, -0.1) is 0 Å². The van der Waals surface area contributed by atoms with Gasteiger partial charge in [-0.1, -0.05) is 0 Å². The van der Waals surface area contributed by atoms with E-state index in [1.54, 1.807) is 19.1 Å². The zero-order valence-corrected chi connectivity index (χ0v) is 11.9. The first-order valence-corrected chi connectivity index (χ1v) is 7.67. The maximum atomic E-state index is 12.1. The van der Waals surface area contributed by atoms with Crippen molar-refractivity contribution in [2.45, 2.75) is 24.7 Å². The predicted molar refractivity (Wildman–Crippen MR) is 75.5 cm³/mol. The number of hydrogen-bond donors (Lipinski definition) is 3. The van der Waals surface area contributed by atoms with Gasteiger partial charge in [0, 0.05) is 18.7 Å². The Morgan fingerprint density at radius 2 is 2.20 bits per heavy atom. The smallest absolute Gasteiger partial charge is 0.240 e. The van der Waals surface area contributed by atoms with Crippen LogP contribution in [0.5, 0.6) is 0 Å². The topological polar surface area (TPSA) is 114 Å². The molecule has 0 saturated heterocycles. The number of nitrogens with two attached hydrogens (primary N) is 1. The second-order valence-corrected chi connectivity index (χ2v) is 6.19. The van der Waals surface area contributed by atoms with Crippen molar-refractivity contribution in [3.8, 4) is 0 Å². The Bertz CT molecular complexity index is 667. The van der Waals surface area contributed by atoms with E-state index < -0.39 is 10.0 Å². The molecule has 0 atom stereocenters. The molecule has 20 heavy (non-hydrogen) atoms. The molecule has 1 aromatic heterocycles. The first-order chi connectivity index (χ1) is 9.49. The minimum atomic E-state index is -3.50. The fraction of sp³-hybridized carbons (Fsp3) is 0.333. The predicted octanol–water partition coefficient (Wildman–Crippen LogP) is 0.606. The van der Waals surface area contributed by atoms with Crippen LogP contribution >= 0.6 is 0 Å². The van der Waals surface area contributed by atoms with E-state index in [2.05, 4.69) is 19.9 Å². The van der Waals surface area contributed by atoms with Gasteiger partial charge < -0.3 is 5.73 Å². The van der Waals surface area contributed by atoms with Gasteiger partial charge in [0.1, 0.15) is 12.2 Å². The average Bonchev–Trinajstić information content (AvgIpc) is 2.87. The molecule has 0 aliphatic carbocycles. The summed E-state index contributed by atoms with van der Waals surface area (Å²) in [7, 11) is -3.50. The quantitative estimate of drug-likeness (QED) is 0.533. The van der Waals surface area contributed by atoms with Crippen molar-refractivity contribution in [3.05, 3.63) is 35.9 Å². The summed E-state index contributed by atoms with van der Waals surface area (Å²) in [4.78, 5) is 4.23. The molecule has 0 bridgehead atoms. The summed E-state index contributed by atoms with van der Waals surface area (Å²) in [6.45, 7) is 2.06. The number of aromatic amines is 1. The number of aromatic nitrogens is 3. The summed E-state index contributed by atoms with van der Waals surface area (Å²) in [5, 5.41) is 6.46. The molecular weight excluding hydrogens is 278 g/mol. The molecule has 0 fully saturated rings. The highest BCUT2D eigenvalue weighted by atomic mass is 32.2. The van der Waals surface area contributed by atoms with Gasteiger partial charge in [-0.2, -0.15) is 5.10 Å². The van der Waals surface area contributed by atoms with Crippen LogP contribution in [0, 0.1) is 6.92 Å². The van der Waals surface area contributed by atoms with Crippen LogP contribution in [0.25, 0.3) is 0 Å². The normalized spacial score (nSPS) is 11.7. The van der Waals surface area contributed by atoms with Gasteiger partial charge in [0.15, 0.2) is 0 Å². The number of nitrogens with one attached hydrogen (secondary N) is 2. The molecule has 1 aromatic carbocycles. The minimum absolute atomic E-state index is 0.256. The molecule has 0 aliphatic rings. The molecule has 7 nitrogen and oxygen atoms in total. The van der Waals surface area contributed by atoms with E-state index >= 15 is 0 Å². The highest BCUT2D eigenvalue weighted by Crippen LogP contribution is 2.17. The van der Waals surface area contributed by atoms with Gasteiger partial charge in [-0.05, 0) is 37.1 Å². The first kappa shape index (κ1) is 14.5. The van der Waals surface area contributed by atoms with Gasteiger partial charge >= 0.3 is 0 Å². The number of benzene rings is 1. The molecule has 2 rings (SSSR count). The number of H-pyrrole nitrogens is 1.